The topological polar surface area (TPSA) is 116 Å². The minimum Gasteiger partial charge on any atom is -0.504 e. The first-order chi connectivity index (χ1) is 13.8. The number of aromatic hydroxyl groups is 2. The highest BCUT2D eigenvalue weighted by molar-refractivity contribution is 8.18. The number of benzene rings is 2. The monoisotopic (exact) mass is 434 g/mol. The zero-order chi connectivity index (χ0) is 21.1. The predicted molar refractivity (Wildman–Crippen MR) is 109 cm³/mol. The van der Waals surface area contributed by atoms with Gasteiger partial charge in [0.05, 0.1) is 17.0 Å². The Bertz CT molecular complexity index is 1040. The lowest BCUT2D eigenvalue weighted by Crippen LogP contribution is -2.36. The smallest absolute Gasteiger partial charge is 0.294 e. The molecular formula is C19H15ClN2O6S. The first-order valence-corrected chi connectivity index (χ1v) is 9.38. The number of hydrogen-bond donors (Lipinski definition) is 3. The highest BCUT2D eigenvalue weighted by atomic mass is 35.5. The molecule has 2 aromatic carbocycles. The maximum Gasteiger partial charge on any atom is 0.294 e. The second-order valence-electron chi connectivity index (χ2n) is 5.91. The van der Waals surface area contributed by atoms with Crippen LogP contribution >= 0.6 is 23.4 Å². The summed E-state index contributed by atoms with van der Waals surface area (Å²) in [6.45, 7) is -0.466. The van der Waals surface area contributed by atoms with Crippen molar-refractivity contribution in [2.75, 3.05) is 19.0 Å². The van der Waals surface area contributed by atoms with Crippen LogP contribution in [0.5, 0.6) is 17.2 Å². The fourth-order valence-corrected chi connectivity index (χ4v) is 3.60. The van der Waals surface area contributed by atoms with Gasteiger partial charge in [0.25, 0.3) is 11.1 Å². The second-order valence-corrected chi connectivity index (χ2v) is 7.31. The Morgan fingerprint density at radius 3 is 2.62 bits per heavy atom. The van der Waals surface area contributed by atoms with Crippen molar-refractivity contribution in [1.82, 2.24) is 4.90 Å². The number of hydrogen-bond acceptors (Lipinski definition) is 7. The molecule has 0 bridgehead atoms. The van der Waals surface area contributed by atoms with Crippen molar-refractivity contribution >= 4 is 52.2 Å². The maximum absolute atomic E-state index is 12.5. The standard InChI is InChI=1S/C19H15ClN2O6S/c1-28-15-5-3-11(8-12(15)20)21-17(25)9-22-18(26)16(29-19(22)27)7-10-2-4-13(23)14(24)6-10/h2-8,23-24H,9H2,1H3,(H,21,25)/b16-7+. The molecule has 3 amide bonds. The van der Waals surface area contributed by atoms with Crippen molar-refractivity contribution in [3.63, 3.8) is 0 Å². The molecule has 150 valence electrons. The molecule has 0 radical (unpaired) electrons. The molecule has 8 nitrogen and oxygen atoms in total. The number of imide groups is 1. The number of phenols is 2. The number of carbonyl (C=O) groups is 3. The van der Waals surface area contributed by atoms with Crippen LogP contribution in [0.3, 0.4) is 0 Å². The zero-order valence-corrected chi connectivity index (χ0v) is 16.6. The zero-order valence-electron chi connectivity index (χ0n) is 15.0. The first-order valence-electron chi connectivity index (χ1n) is 8.19. The van der Waals surface area contributed by atoms with E-state index in [0.29, 0.717) is 33.8 Å². The summed E-state index contributed by atoms with van der Waals surface area (Å²) in [7, 11) is 1.46. The molecule has 1 heterocycles. The number of ether oxygens (including phenoxy) is 1. The number of anilines is 1. The van der Waals surface area contributed by atoms with E-state index in [0.717, 1.165) is 4.90 Å². The van der Waals surface area contributed by atoms with Crippen molar-refractivity contribution in [3.05, 3.63) is 51.9 Å². The summed E-state index contributed by atoms with van der Waals surface area (Å²) >= 11 is 6.69. The molecule has 1 saturated heterocycles. The van der Waals surface area contributed by atoms with E-state index in [2.05, 4.69) is 5.32 Å². The fourth-order valence-electron chi connectivity index (χ4n) is 2.51. The number of nitrogens with zero attached hydrogens (tertiary/aromatic N) is 1. The third-order valence-electron chi connectivity index (χ3n) is 3.91. The van der Waals surface area contributed by atoms with Gasteiger partial charge in [-0.25, -0.2) is 0 Å². The minimum atomic E-state index is -0.629. The molecule has 2 aromatic rings. The van der Waals surface area contributed by atoms with E-state index in [-0.39, 0.29) is 16.4 Å². The lowest BCUT2D eigenvalue weighted by molar-refractivity contribution is -0.127. The summed E-state index contributed by atoms with van der Waals surface area (Å²) in [6.07, 6.45) is 1.39. The van der Waals surface area contributed by atoms with Gasteiger partial charge in [-0.2, -0.15) is 0 Å². The van der Waals surface area contributed by atoms with Gasteiger partial charge >= 0.3 is 0 Å². The van der Waals surface area contributed by atoms with Crippen LogP contribution in [0.2, 0.25) is 5.02 Å². The molecule has 10 heteroatoms. The summed E-state index contributed by atoms with van der Waals surface area (Å²) in [6, 6.07) is 8.64. The van der Waals surface area contributed by atoms with Crippen LogP contribution in [0.25, 0.3) is 6.08 Å². The van der Waals surface area contributed by atoms with Gasteiger partial charge in [-0.15, -0.1) is 0 Å². The van der Waals surface area contributed by atoms with Gasteiger partial charge in [-0.3, -0.25) is 19.3 Å². The first kappa shape index (κ1) is 20.6. The second kappa shape index (κ2) is 8.46. The van der Waals surface area contributed by atoms with Crippen molar-refractivity contribution in [3.8, 4) is 17.2 Å². The van der Waals surface area contributed by atoms with Crippen molar-refractivity contribution in [2.45, 2.75) is 0 Å². The van der Waals surface area contributed by atoms with Gasteiger partial charge in [0, 0.05) is 5.69 Å². The number of amides is 3. The molecule has 1 aliphatic heterocycles. The largest absolute Gasteiger partial charge is 0.504 e. The van der Waals surface area contributed by atoms with Gasteiger partial charge in [-0.05, 0) is 53.7 Å². The number of halogens is 1. The molecule has 29 heavy (non-hydrogen) atoms. The average molecular weight is 435 g/mol. The Hall–Kier alpha value is -3.17. The van der Waals surface area contributed by atoms with Crippen LogP contribution in [0.4, 0.5) is 10.5 Å². The average Bonchev–Trinajstić information content (AvgIpc) is 2.92. The van der Waals surface area contributed by atoms with Gasteiger partial charge in [0.1, 0.15) is 12.3 Å². The molecule has 1 fully saturated rings. The highest BCUT2D eigenvalue weighted by Crippen LogP contribution is 2.34. The molecule has 0 saturated carbocycles. The molecule has 0 aromatic heterocycles. The third-order valence-corrected chi connectivity index (χ3v) is 5.11. The number of carbonyl (C=O) groups excluding carboxylic acids is 3. The van der Waals surface area contributed by atoms with Crippen LogP contribution < -0.4 is 10.1 Å². The normalized spacial score (nSPS) is 15.1. The number of rotatable bonds is 5. The molecular weight excluding hydrogens is 420 g/mol. The van der Waals surface area contributed by atoms with Crippen molar-refractivity contribution < 1.29 is 29.3 Å². The van der Waals surface area contributed by atoms with E-state index in [9.17, 15) is 24.6 Å². The van der Waals surface area contributed by atoms with Gasteiger partial charge in [0.2, 0.25) is 5.91 Å². The molecule has 0 aliphatic carbocycles. The Kier molecular flexibility index (Phi) is 6.00. The SMILES string of the molecule is COc1ccc(NC(=O)CN2C(=O)S/C(=C/c3ccc(O)c(O)c3)C2=O)cc1Cl. The van der Waals surface area contributed by atoms with Crippen LogP contribution in [0.1, 0.15) is 5.56 Å². The van der Waals surface area contributed by atoms with Crippen LogP contribution in [-0.4, -0.2) is 45.8 Å². The fraction of sp³-hybridized carbons (Fsp3) is 0.105. The minimum absolute atomic E-state index is 0.0976. The third kappa shape index (κ3) is 4.64. The number of thioether (sulfide) groups is 1. The summed E-state index contributed by atoms with van der Waals surface area (Å²) in [4.78, 5) is 37.8. The molecule has 3 N–H and O–H groups in total. The van der Waals surface area contributed by atoms with Crippen molar-refractivity contribution in [1.29, 1.82) is 0 Å². The molecule has 0 spiro atoms. The number of methoxy groups -OCH3 is 1. The molecule has 3 rings (SSSR count). The van der Waals surface area contributed by atoms with Gasteiger partial charge in [-0.1, -0.05) is 17.7 Å². The van der Waals surface area contributed by atoms with Crippen LogP contribution in [-0.2, 0) is 9.59 Å². The highest BCUT2D eigenvalue weighted by Gasteiger charge is 2.36. The molecule has 1 aliphatic rings. The number of nitrogens with one attached hydrogen (secondary N) is 1. The summed E-state index contributed by atoms with van der Waals surface area (Å²) < 4.78 is 5.03. The number of phenolic OH excluding ortho intramolecular Hbond substituents is 2. The Morgan fingerprint density at radius 1 is 1.21 bits per heavy atom. The van der Waals surface area contributed by atoms with Crippen LogP contribution in [0, 0.1) is 0 Å². The summed E-state index contributed by atoms with van der Waals surface area (Å²) in [5.74, 6) is -1.41. The van der Waals surface area contributed by atoms with E-state index >= 15 is 0 Å². The predicted octanol–water partition coefficient (Wildman–Crippen LogP) is 3.43. The quantitative estimate of drug-likeness (QED) is 0.487. The lowest BCUT2D eigenvalue weighted by atomic mass is 10.2. The van der Waals surface area contributed by atoms with Crippen LogP contribution in [0.15, 0.2) is 41.3 Å². The Balaban J connectivity index is 1.69. The Morgan fingerprint density at radius 2 is 1.97 bits per heavy atom. The van der Waals surface area contributed by atoms with Crippen molar-refractivity contribution in [2.24, 2.45) is 0 Å². The van der Waals surface area contributed by atoms with E-state index in [1.165, 1.54) is 37.5 Å². The van der Waals surface area contributed by atoms with Gasteiger partial charge < -0.3 is 20.3 Å². The summed E-state index contributed by atoms with van der Waals surface area (Å²) in [5.41, 5.74) is 0.811. The molecule has 0 unspecified atom stereocenters. The molecule has 0 atom stereocenters. The van der Waals surface area contributed by atoms with E-state index in [4.69, 9.17) is 16.3 Å². The lowest BCUT2D eigenvalue weighted by Gasteiger charge is -2.13. The van der Waals surface area contributed by atoms with E-state index in [1.54, 1.807) is 12.1 Å². The summed E-state index contributed by atoms with van der Waals surface area (Å²) in [5, 5.41) is 21.2. The Labute approximate surface area is 174 Å². The van der Waals surface area contributed by atoms with E-state index < -0.39 is 23.6 Å². The maximum atomic E-state index is 12.5. The van der Waals surface area contributed by atoms with E-state index in [1.807, 2.05) is 0 Å². The van der Waals surface area contributed by atoms with Gasteiger partial charge in [0.15, 0.2) is 11.5 Å².